The van der Waals surface area contributed by atoms with Gasteiger partial charge in [-0.15, -0.1) is 11.8 Å². The van der Waals surface area contributed by atoms with E-state index in [0.29, 0.717) is 0 Å². The lowest BCUT2D eigenvalue weighted by atomic mass is 9.98. The topological polar surface area (TPSA) is 55.2 Å². The van der Waals surface area contributed by atoms with Crippen LogP contribution in [-0.4, -0.2) is 58.6 Å². The van der Waals surface area contributed by atoms with Crippen molar-refractivity contribution in [2.45, 2.75) is 26.3 Å². The third kappa shape index (κ3) is 6.33. The van der Waals surface area contributed by atoms with Crippen LogP contribution in [0.4, 0.5) is 10.1 Å². The van der Waals surface area contributed by atoms with E-state index in [0.717, 1.165) is 71.8 Å². The van der Waals surface area contributed by atoms with Gasteiger partial charge in [0.2, 0.25) is 0 Å². The molecule has 0 spiro atoms. The zero-order valence-electron chi connectivity index (χ0n) is 20.4. The van der Waals surface area contributed by atoms with Gasteiger partial charge >= 0.3 is 0 Å². The standard InChI is InChI=1S/C28H32FN5S/c1-3-33(4-2)13-14-35-20-34-11-8-25(9-12-34)32-28-17-23(16-22-7-10-31-19-26(22)28)21-5-6-27(29)24(15-21)18-30/h5-8,10-11,15-17,19,25,32H,3-4,9,12-14,20H2,1-2H3. The summed E-state index contributed by atoms with van der Waals surface area (Å²) >= 11 is 1.98. The summed E-state index contributed by atoms with van der Waals surface area (Å²) in [5, 5.41) is 15.0. The number of nitrogens with one attached hydrogen (secondary N) is 1. The molecule has 0 radical (unpaired) electrons. The van der Waals surface area contributed by atoms with Gasteiger partial charge in [-0.3, -0.25) is 4.98 Å². The first-order valence-electron chi connectivity index (χ1n) is 12.2. The van der Waals surface area contributed by atoms with E-state index >= 15 is 0 Å². The van der Waals surface area contributed by atoms with Crippen molar-refractivity contribution < 1.29 is 4.39 Å². The van der Waals surface area contributed by atoms with Crippen molar-refractivity contribution in [3.8, 4) is 17.2 Å². The lowest BCUT2D eigenvalue weighted by Crippen LogP contribution is -2.31. The Morgan fingerprint density at radius 3 is 2.80 bits per heavy atom. The van der Waals surface area contributed by atoms with Crippen molar-refractivity contribution >= 4 is 28.2 Å². The molecule has 2 aromatic carbocycles. The molecule has 0 fully saturated rings. The first-order chi connectivity index (χ1) is 17.1. The second-order valence-corrected chi connectivity index (χ2v) is 9.76. The summed E-state index contributed by atoms with van der Waals surface area (Å²) in [6.45, 7) is 8.80. The van der Waals surface area contributed by atoms with E-state index in [2.05, 4.69) is 58.4 Å². The lowest BCUT2D eigenvalue weighted by molar-refractivity contribution is 0.323. The van der Waals surface area contributed by atoms with E-state index in [1.807, 2.05) is 30.1 Å². The highest BCUT2D eigenvalue weighted by Gasteiger charge is 2.16. The predicted octanol–water partition coefficient (Wildman–Crippen LogP) is 5.94. The second-order valence-electron chi connectivity index (χ2n) is 8.68. The van der Waals surface area contributed by atoms with Crippen LogP contribution in [0.15, 0.2) is 61.1 Å². The summed E-state index contributed by atoms with van der Waals surface area (Å²) in [5.74, 6) is 1.66. The number of fused-ring (bicyclic) bond motifs is 1. The first kappa shape index (κ1) is 25.0. The smallest absolute Gasteiger partial charge is 0.140 e. The fourth-order valence-electron chi connectivity index (χ4n) is 4.32. The van der Waals surface area contributed by atoms with Gasteiger partial charge in [0.1, 0.15) is 11.9 Å². The molecule has 1 aliphatic heterocycles. The zero-order chi connectivity index (χ0) is 24.6. The number of pyridine rings is 1. The van der Waals surface area contributed by atoms with Crippen molar-refractivity contribution in [2.75, 3.05) is 43.1 Å². The Hall–Kier alpha value is -3.08. The highest BCUT2D eigenvalue weighted by atomic mass is 32.2. The molecule has 1 atom stereocenters. The van der Waals surface area contributed by atoms with Crippen molar-refractivity contribution in [2.24, 2.45) is 0 Å². The minimum atomic E-state index is -0.497. The molecule has 0 aliphatic carbocycles. The number of rotatable bonds is 10. The minimum absolute atomic E-state index is 0.0529. The summed E-state index contributed by atoms with van der Waals surface area (Å²) in [6.07, 6.45) is 9.09. The van der Waals surface area contributed by atoms with Crippen LogP contribution >= 0.6 is 11.8 Å². The maximum atomic E-state index is 13.9. The monoisotopic (exact) mass is 489 g/mol. The summed E-state index contributed by atoms with van der Waals surface area (Å²) in [4.78, 5) is 9.16. The summed E-state index contributed by atoms with van der Waals surface area (Å²) in [5.41, 5.74) is 2.80. The van der Waals surface area contributed by atoms with Crippen LogP contribution in [-0.2, 0) is 0 Å². The molecule has 2 heterocycles. The number of benzene rings is 2. The third-order valence-electron chi connectivity index (χ3n) is 6.48. The summed E-state index contributed by atoms with van der Waals surface area (Å²) in [7, 11) is 0. The Kier molecular flexibility index (Phi) is 8.62. The number of nitrogens with zero attached hydrogens (tertiary/aromatic N) is 4. The number of halogens is 1. The summed E-state index contributed by atoms with van der Waals surface area (Å²) in [6, 6.07) is 13.0. The molecule has 0 saturated carbocycles. The highest BCUT2D eigenvalue weighted by Crippen LogP contribution is 2.32. The Morgan fingerprint density at radius 2 is 2.06 bits per heavy atom. The highest BCUT2D eigenvalue weighted by molar-refractivity contribution is 7.99. The van der Waals surface area contributed by atoms with Gasteiger partial charge in [0.05, 0.1) is 11.4 Å². The fourth-order valence-corrected chi connectivity index (χ4v) is 5.29. The van der Waals surface area contributed by atoms with Crippen LogP contribution in [0.1, 0.15) is 25.8 Å². The average molecular weight is 490 g/mol. The van der Waals surface area contributed by atoms with Gasteiger partial charge in [0, 0.05) is 48.4 Å². The van der Waals surface area contributed by atoms with Crippen molar-refractivity contribution in [1.82, 2.24) is 14.8 Å². The van der Waals surface area contributed by atoms with Gasteiger partial charge in [-0.1, -0.05) is 19.9 Å². The number of hydrogen-bond donors (Lipinski definition) is 1. The average Bonchev–Trinajstić information content (AvgIpc) is 2.90. The normalized spacial score (nSPS) is 15.5. The fraction of sp³-hybridized carbons (Fsp3) is 0.357. The third-order valence-corrected chi connectivity index (χ3v) is 7.46. The van der Waals surface area contributed by atoms with Gasteiger partial charge in [0.15, 0.2) is 0 Å². The molecule has 1 aliphatic rings. The Bertz CT molecular complexity index is 1220. The van der Waals surface area contributed by atoms with E-state index in [4.69, 9.17) is 0 Å². The molecule has 182 valence electrons. The molecular weight excluding hydrogens is 457 g/mol. The van der Waals surface area contributed by atoms with E-state index in [1.54, 1.807) is 18.3 Å². The van der Waals surface area contributed by atoms with E-state index in [1.165, 1.54) is 6.07 Å². The molecule has 5 nitrogen and oxygen atoms in total. The van der Waals surface area contributed by atoms with Crippen LogP contribution in [0.25, 0.3) is 21.9 Å². The van der Waals surface area contributed by atoms with Crippen molar-refractivity contribution in [3.05, 3.63) is 72.4 Å². The Morgan fingerprint density at radius 1 is 1.20 bits per heavy atom. The van der Waals surface area contributed by atoms with E-state index in [-0.39, 0.29) is 11.6 Å². The predicted molar refractivity (Wildman–Crippen MR) is 145 cm³/mol. The number of anilines is 1. The molecule has 7 heteroatoms. The molecule has 1 aromatic heterocycles. The zero-order valence-corrected chi connectivity index (χ0v) is 21.2. The maximum absolute atomic E-state index is 13.9. The molecule has 0 saturated heterocycles. The number of nitriles is 1. The van der Waals surface area contributed by atoms with Gasteiger partial charge in [-0.05, 0) is 78.6 Å². The largest absolute Gasteiger partial charge is 0.378 e. The van der Waals surface area contributed by atoms with Crippen molar-refractivity contribution in [1.29, 1.82) is 5.26 Å². The maximum Gasteiger partial charge on any atom is 0.140 e. The van der Waals surface area contributed by atoms with Crippen molar-refractivity contribution in [3.63, 3.8) is 0 Å². The SMILES string of the molecule is CCN(CC)CCSCN1C=CC(Nc2cc(-c3ccc(F)c(C#N)c3)cc3ccncc23)CC1. The lowest BCUT2D eigenvalue weighted by Gasteiger charge is -2.29. The molecule has 0 bridgehead atoms. The molecule has 4 rings (SSSR count). The minimum Gasteiger partial charge on any atom is -0.378 e. The van der Waals surface area contributed by atoms with E-state index in [9.17, 15) is 9.65 Å². The van der Waals surface area contributed by atoms with Crippen LogP contribution < -0.4 is 5.32 Å². The molecule has 1 unspecified atom stereocenters. The summed E-state index contributed by atoms with van der Waals surface area (Å²) < 4.78 is 13.9. The van der Waals surface area contributed by atoms with Gasteiger partial charge in [0.25, 0.3) is 0 Å². The number of aromatic nitrogens is 1. The van der Waals surface area contributed by atoms with Gasteiger partial charge < -0.3 is 15.1 Å². The van der Waals surface area contributed by atoms with Crippen LogP contribution in [0.3, 0.4) is 0 Å². The quantitative estimate of drug-likeness (QED) is 0.356. The number of thioether (sulfide) groups is 1. The molecule has 35 heavy (non-hydrogen) atoms. The molecule has 0 amide bonds. The Labute approximate surface area is 211 Å². The second kappa shape index (κ2) is 12.1. The van der Waals surface area contributed by atoms with E-state index < -0.39 is 5.82 Å². The van der Waals surface area contributed by atoms with Crippen LogP contribution in [0.5, 0.6) is 0 Å². The Balaban J connectivity index is 1.46. The molecule has 1 N–H and O–H groups in total. The molecular formula is C28H32FN5S. The first-order valence-corrected chi connectivity index (χ1v) is 13.3. The molecule has 3 aromatic rings. The van der Waals surface area contributed by atoms with Gasteiger partial charge in [-0.25, -0.2) is 4.39 Å². The van der Waals surface area contributed by atoms with Crippen LogP contribution in [0.2, 0.25) is 0 Å². The number of hydrogen-bond acceptors (Lipinski definition) is 6. The van der Waals surface area contributed by atoms with Crippen LogP contribution in [0, 0.1) is 17.1 Å². The van der Waals surface area contributed by atoms with Gasteiger partial charge in [-0.2, -0.15) is 5.26 Å².